The second kappa shape index (κ2) is 9.51. The van der Waals surface area contributed by atoms with E-state index in [0.717, 1.165) is 11.3 Å². The Hall–Kier alpha value is -2.57. The zero-order valence-electron chi connectivity index (χ0n) is 17.8. The molecule has 1 atom stereocenters. The summed E-state index contributed by atoms with van der Waals surface area (Å²) in [5, 5.41) is 3.77. The van der Waals surface area contributed by atoms with Crippen molar-refractivity contribution in [2.45, 2.75) is 26.2 Å². The van der Waals surface area contributed by atoms with Crippen LogP contribution in [0.2, 0.25) is 10.0 Å². The average molecular weight is 474 g/mol. The van der Waals surface area contributed by atoms with Gasteiger partial charge >= 0.3 is 0 Å². The van der Waals surface area contributed by atoms with E-state index in [1.807, 2.05) is 31.2 Å². The number of amides is 3. The van der Waals surface area contributed by atoms with Crippen LogP contribution < -0.4 is 10.2 Å². The molecule has 0 radical (unpaired) electrons. The molecule has 2 heterocycles. The van der Waals surface area contributed by atoms with Crippen molar-refractivity contribution >= 4 is 52.3 Å². The molecule has 32 heavy (non-hydrogen) atoms. The smallest absolute Gasteiger partial charge is 0.228 e. The molecule has 0 saturated carbocycles. The molecule has 4 rings (SSSR count). The number of piperidine rings is 1. The molecule has 168 valence electrons. The monoisotopic (exact) mass is 473 g/mol. The number of carbonyl (C=O) groups excluding carboxylic acids is 3. The first kappa shape index (κ1) is 22.6. The topological polar surface area (TPSA) is 69.7 Å². The Labute approximate surface area is 197 Å². The summed E-state index contributed by atoms with van der Waals surface area (Å²) < 4.78 is 0. The summed E-state index contributed by atoms with van der Waals surface area (Å²) >= 11 is 12.1. The summed E-state index contributed by atoms with van der Waals surface area (Å²) in [6, 6.07) is 12.7. The fourth-order valence-electron chi connectivity index (χ4n) is 4.30. The number of anilines is 2. The highest BCUT2D eigenvalue weighted by atomic mass is 35.5. The second-order valence-corrected chi connectivity index (χ2v) is 9.30. The summed E-state index contributed by atoms with van der Waals surface area (Å²) in [4.78, 5) is 41.7. The van der Waals surface area contributed by atoms with Gasteiger partial charge < -0.3 is 15.1 Å². The predicted molar refractivity (Wildman–Crippen MR) is 126 cm³/mol. The van der Waals surface area contributed by atoms with Crippen molar-refractivity contribution in [1.29, 1.82) is 0 Å². The lowest BCUT2D eigenvalue weighted by Crippen LogP contribution is -2.44. The lowest BCUT2D eigenvalue weighted by molar-refractivity contribution is -0.138. The third-order valence-corrected chi connectivity index (χ3v) is 6.75. The maximum absolute atomic E-state index is 13.0. The minimum atomic E-state index is -0.348. The molecule has 1 unspecified atom stereocenters. The van der Waals surface area contributed by atoms with Gasteiger partial charge in [0, 0.05) is 42.7 Å². The minimum Gasteiger partial charge on any atom is -0.342 e. The van der Waals surface area contributed by atoms with Crippen molar-refractivity contribution in [3.63, 3.8) is 0 Å². The Morgan fingerprint density at radius 3 is 2.38 bits per heavy atom. The van der Waals surface area contributed by atoms with E-state index in [9.17, 15) is 14.4 Å². The van der Waals surface area contributed by atoms with Crippen LogP contribution >= 0.6 is 23.2 Å². The average Bonchev–Trinajstić information content (AvgIpc) is 3.18. The minimum absolute atomic E-state index is 0.00953. The number of hydrogen-bond acceptors (Lipinski definition) is 3. The molecule has 2 aliphatic heterocycles. The molecule has 2 aromatic rings. The highest BCUT2D eigenvalue weighted by Crippen LogP contribution is 2.30. The van der Waals surface area contributed by atoms with Gasteiger partial charge in [0.2, 0.25) is 17.7 Å². The van der Waals surface area contributed by atoms with Gasteiger partial charge in [-0.05, 0) is 50.1 Å². The second-order valence-electron chi connectivity index (χ2n) is 8.45. The Balaban J connectivity index is 1.31. The van der Waals surface area contributed by atoms with Gasteiger partial charge in [-0.1, -0.05) is 40.9 Å². The summed E-state index contributed by atoms with van der Waals surface area (Å²) in [5.74, 6) is -0.713. The van der Waals surface area contributed by atoms with E-state index in [0.29, 0.717) is 48.2 Å². The van der Waals surface area contributed by atoms with Gasteiger partial charge in [0.15, 0.2) is 0 Å². The van der Waals surface area contributed by atoms with E-state index < -0.39 is 0 Å². The fourth-order valence-corrected chi connectivity index (χ4v) is 4.63. The molecule has 0 aliphatic carbocycles. The van der Waals surface area contributed by atoms with Crippen LogP contribution in [0.4, 0.5) is 11.4 Å². The maximum Gasteiger partial charge on any atom is 0.228 e. The zero-order chi connectivity index (χ0) is 22.8. The molecule has 6 nitrogen and oxygen atoms in total. The van der Waals surface area contributed by atoms with Crippen LogP contribution in [0.5, 0.6) is 0 Å². The van der Waals surface area contributed by atoms with Crippen LogP contribution in [0.3, 0.4) is 0 Å². The molecular formula is C24H25Cl2N3O3. The number of aryl methyl sites for hydroxylation is 1. The molecule has 0 aromatic heterocycles. The fraction of sp³-hybridized carbons (Fsp3) is 0.375. The van der Waals surface area contributed by atoms with Gasteiger partial charge in [-0.15, -0.1) is 0 Å². The maximum atomic E-state index is 13.0. The SMILES string of the molecule is Cc1ccc(N2CC(C(=O)N3CCC(C(=O)Nc4cc(Cl)ccc4Cl)CC3)CC2=O)cc1. The first-order valence-electron chi connectivity index (χ1n) is 10.7. The predicted octanol–water partition coefficient (Wildman–Crippen LogP) is 4.53. The first-order chi connectivity index (χ1) is 15.3. The third kappa shape index (κ3) is 4.92. The van der Waals surface area contributed by atoms with Crippen LogP contribution in [-0.4, -0.2) is 42.3 Å². The molecule has 0 bridgehead atoms. The van der Waals surface area contributed by atoms with E-state index in [2.05, 4.69) is 5.32 Å². The van der Waals surface area contributed by atoms with Gasteiger partial charge in [0.05, 0.1) is 16.6 Å². The standard InChI is InChI=1S/C24H25Cl2N3O3/c1-15-2-5-19(6-3-15)29-14-17(12-22(29)30)24(32)28-10-8-16(9-11-28)23(31)27-21-13-18(25)4-7-20(21)26/h2-7,13,16-17H,8-12,14H2,1H3,(H,27,31). The lowest BCUT2D eigenvalue weighted by Gasteiger charge is -2.33. The van der Waals surface area contributed by atoms with Crippen LogP contribution in [0, 0.1) is 18.8 Å². The van der Waals surface area contributed by atoms with Gasteiger partial charge in [0.1, 0.15) is 0 Å². The third-order valence-electron chi connectivity index (χ3n) is 6.18. The molecule has 1 N–H and O–H groups in total. The number of nitrogens with zero attached hydrogens (tertiary/aromatic N) is 2. The number of hydrogen-bond donors (Lipinski definition) is 1. The largest absolute Gasteiger partial charge is 0.342 e. The highest BCUT2D eigenvalue weighted by molar-refractivity contribution is 6.35. The molecule has 2 aromatic carbocycles. The molecular weight excluding hydrogens is 449 g/mol. The molecule has 2 aliphatic rings. The summed E-state index contributed by atoms with van der Waals surface area (Å²) in [5.41, 5.74) is 2.44. The van der Waals surface area contributed by atoms with Crippen molar-refractivity contribution in [3.8, 4) is 0 Å². The van der Waals surface area contributed by atoms with Crippen molar-refractivity contribution < 1.29 is 14.4 Å². The van der Waals surface area contributed by atoms with E-state index in [1.54, 1.807) is 28.0 Å². The summed E-state index contributed by atoms with van der Waals surface area (Å²) in [6.07, 6.45) is 1.36. The number of benzene rings is 2. The van der Waals surface area contributed by atoms with Gasteiger partial charge in [-0.3, -0.25) is 14.4 Å². The Bertz CT molecular complexity index is 1030. The van der Waals surface area contributed by atoms with Crippen molar-refractivity contribution in [2.24, 2.45) is 11.8 Å². The summed E-state index contributed by atoms with van der Waals surface area (Å²) in [6.45, 7) is 3.38. The lowest BCUT2D eigenvalue weighted by atomic mass is 9.94. The zero-order valence-corrected chi connectivity index (χ0v) is 19.3. The van der Waals surface area contributed by atoms with Gasteiger partial charge in [0.25, 0.3) is 0 Å². The Morgan fingerprint density at radius 2 is 1.69 bits per heavy atom. The molecule has 2 saturated heterocycles. The van der Waals surface area contributed by atoms with Gasteiger partial charge in [-0.25, -0.2) is 0 Å². The first-order valence-corrected chi connectivity index (χ1v) is 11.5. The number of carbonyl (C=O) groups is 3. The summed E-state index contributed by atoms with van der Waals surface area (Å²) in [7, 11) is 0. The van der Waals surface area contributed by atoms with Crippen LogP contribution in [-0.2, 0) is 14.4 Å². The van der Waals surface area contributed by atoms with Crippen molar-refractivity contribution in [2.75, 3.05) is 29.9 Å². The number of rotatable bonds is 4. The van der Waals surface area contributed by atoms with Gasteiger partial charge in [-0.2, -0.15) is 0 Å². The number of halogens is 2. The molecule has 0 spiro atoms. The van der Waals surface area contributed by atoms with E-state index in [1.165, 1.54) is 0 Å². The highest BCUT2D eigenvalue weighted by Gasteiger charge is 2.38. The van der Waals surface area contributed by atoms with Crippen LogP contribution in [0.15, 0.2) is 42.5 Å². The van der Waals surface area contributed by atoms with Crippen LogP contribution in [0.1, 0.15) is 24.8 Å². The normalized spacial score (nSPS) is 19.3. The Morgan fingerprint density at radius 1 is 1.00 bits per heavy atom. The quantitative estimate of drug-likeness (QED) is 0.708. The number of likely N-dealkylation sites (tertiary alicyclic amines) is 1. The van der Waals surface area contributed by atoms with Crippen molar-refractivity contribution in [3.05, 3.63) is 58.1 Å². The van der Waals surface area contributed by atoms with Crippen molar-refractivity contribution in [1.82, 2.24) is 4.90 Å². The number of nitrogens with one attached hydrogen (secondary N) is 1. The molecule has 2 fully saturated rings. The van der Waals surface area contributed by atoms with Crippen LogP contribution in [0.25, 0.3) is 0 Å². The van der Waals surface area contributed by atoms with E-state index in [4.69, 9.17) is 23.2 Å². The van der Waals surface area contributed by atoms with E-state index in [-0.39, 0.29) is 36.0 Å². The molecule has 8 heteroatoms. The van der Waals surface area contributed by atoms with E-state index >= 15 is 0 Å². The Kier molecular flexibility index (Phi) is 6.72. The molecule has 3 amide bonds.